The van der Waals surface area contributed by atoms with Crippen molar-refractivity contribution < 1.29 is 4.79 Å². The zero-order valence-electron chi connectivity index (χ0n) is 17.3. The van der Waals surface area contributed by atoms with Crippen LogP contribution in [0.25, 0.3) is 11.4 Å². The fourth-order valence-corrected chi connectivity index (χ4v) is 4.08. The highest BCUT2D eigenvalue weighted by atomic mass is 32.2. The summed E-state index contributed by atoms with van der Waals surface area (Å²) in [6.07, 6.45) is 0.980. The number of amides is 1. The predicted octanol–water partition coefficient (Wildman–Crippen LogP) is 4.80. The number of carbonyl (C=O) groups is 1. The molecule has 1 heterocycles. The Morgan fingerprint density at radius 3 is 2.55 bits per heavy atom. The van der Waals surface area contributed by atoms with Crippen molar-refractivity contribution in [1.82, 2.24) is 19.7 Å². The van der Waals surface area contributed by atoms with Crippen LogP contribution in [0.3, 0.4) is 0 Å². The standard InChI is InChI=1S/C23H28N4OS/c1-4-14-27-22(20-13-9-10-18(3)15-20)24-25-23(27)29-17-21(28)26(5-2)16-19-11-7-6-8-12-19/h6-13,15H,4-5,14,16-17H2,1-3H3. The number of hydrogen-bond donors (Lipinski definition) is 0. The molecule has 0 radical (unpaired) electrons. The molecule has 0 fully saturated rings. The zero-order valence-corrected chi connectivity index (χ0v) is 18.2. The van der Waals surface area contributed by atoms with E-state index >= 15 is 0 Å². The van der Waals surface area contributed by atoms with Gasteiger partial charge in [0.25, 0.3) is 0 Å². The van der Waals surface area contributed by atoms with Gasteiger partial charge in [-0.05, 0) is 31.9 Å². The molecular formula is C23H28N4OS. The molecule has 0 N–H and O–H groups in total. The number of nitrogens with zero attached hydrogens (tertiary/aromatic N) is 4. The SMILES string of the molecule is CCCn1c(SCC(=O)N(CC)Cc2ccccc2)nnc1-c1cccc(C)c1. The minimum absolute atomic E-state index is 0.115. The van der Waals surface area contributed by atoms with Crippen LogP contribution in [0.15, 0.2) is 59.8 Å². The molecule has 0 saturated carbocycles. The van der Waals surface area contributed by atoms with Gasteiger partial charge in [0, 0.05) is 25.2 Å². The van der Waals surface area contributed by atoms with E-state index in [0.717, 1.165) is 35.1 Å². The molecule has 3 rings (SSSR count). The largest absolute Gasteiger partial charge is 0.338 e. The van der Waals surface area contributed by atoms with Crippen molar-refractivity contribution in [2.75, 3.05) is 12.3 Å². The van der Waals surface area contributed by atoms with E-state index in [0.29, 0.717) is 18.8 Å². The lowest BCUT2D eigenvalue weighted by Gasteiger charge is -2.20. The minimum Gasteiger partial charge on any atom is -0.338 e. The van der Waals surface area contributed by atoms with Crippen LogP contribution in [0, 0.1) is 6.92 Å². The quantitative estimate of drug-likeness (QED) is 0.477. The third-order valence-corrected chi connectivity index (χ3v) is 5.67. The predicted molar refractivity (Wildman–Crippen MR) is 119 cm³/mol. The highest BCUT2D eigenvalue weighted by Gasteiger charge is 2.18. The molecule has 0 bridgehead atoms. The van der Waals surface area contributed by atoms with Crippen molar-refractivity contribution in [3.05, 3.63) is 65.7 Å². The second-order valence-electron chi connectivity index (χ2n) is 7.01. The highest BCUT2D eigenvalue weighted by Crippen LogP contribution is 2.25. The highest BCUT2D eigenvalue weighted by molar-refractivity contribution is 7.99. The monoisotopic (exact) mass is 408 g/mol. The molecule has 2 aromatic carbocycles. The lowest BCUT2D eigenvalue weighted by atomic mass is 10.1. The molecular weight excluding hydrogens is 380 g/mol. The average Bonchev–Trinajstić information content (AvgIpc) is 3.14. The van der Waals surface area contributed by atoms with Gasteiger partial charge in [-0.3, -0.25) is 4.79 Å². The molecule has 5 nitrogen and oxygen atoms in total. The van der Waals surface area contributed by atoms with Gasteiger partial charge in [0.1, 0.15) is 0 Å². The number of hydrogen-bond acceptors (Lipinski definition) is 4. The summed E-state index contributed by atoms with van der Waals surface area (Å²) in [6.45, 7) is 8.37. The van der Waals surface area contributed by atoms with E-state index in [1.807, 2.05) is 36.1 Å². The summed E-state index contributed by atoms with van der Waals surface area (Å²) in [5, 5.41) is 9.61. The van der Waals surface area contributed by atoms with Gasteiger partial charge in [-0.1, -0.05) is 72.8 Å². The summed E-state index contributed by atoms with van der Waals surface area (Å²) < 4.78 is 2.13. The van der Waals surface area contributed by atoms with E-state index in [1.54, 1.807) is 0 Å². The van der Waals surface area contributed by atoms with Crippen LogP contribution in [0.5, 0.6) is 0 Å². The van der Waals surface area contributed by atoms with Gasteiger partial charge in [0.2, 0.25) is 5.91 Å². The van der Waals surface area contributed by atoms with Crippen molar-refractivity contribution in [3.8, 4) is 11.4 Å². The fraction of sp³-hybridized carbons (Fsp3) is 0.348. The summed E-state index contributed by atoms with van der Waals surface area (Å²) in [4.78, 5) is 14.7. The third kappa shape index (κ3) is 5.48. The molecule has 0 spiro atoms. The summed E-state index contributed by atoms with van der Waals surface area (Å²) >= 11 is 1.47. The maximum absolute atomic E-state index is 12.8. The van der Waals surface area contributed by atoms with Gasteiger partial charge < -0.3 is 9.47 Å². The molecule has 6 heteroatoms. The Balaban J connectivity index is 1.71. The van der Waals surface area contributed by atoms with Crippen LogP contribution < -0.4 is 0 Å². The maximum atomic E-state index is 12.8. The molecule has 0 atom stereocenters. The Labute approximate surface area is 177 Å². The van der Waals surface area contributed by atoms with E-state index < -0.39 is 0 Å². The Hall–Kier alpha value is -2.60. The van der Waals surface area contributed by atoms with Gasteiger partial charge >= 0.3 is 0 Å². The van der Waals surface area contributed by atoms with E-state index in [9.17, 15) is 4.79 Å². The Kier molecular flexibility index (Phi) is 7.47. The maximum Gasteiger partial charge on any atom is 0.233 e. The number of aryl methyl sites for hydroxylation is 1. The molecule has 0 saturated heterocycles. The molecule has 0 aliphatic carbocycles. The number of rotatable bonds is 9. The van der Waals surface area contributed by atoms with Crippen LogP contribution in [0.1, 0.15) is 31.4 Å². The molecule has 1 aromatic heterocycles. The second-order valence-corrected chi connectivity index (χ2v) is 7.95. The first-order chi connectivity index (χ1) is 14.1. The van der Waals surface area contributed by atoms with Crippen LogP contribution in [0.2, 0.25) is 0 Å². The van der Waals surface area contributed by atoms with Crippen LogP contribution in [0.4, 0.5) is 0 Å². The Morgan fingerprint density at radius 1 is 1.07 bits per heavy atom. The molecule has 29 heavy (non-hydrogen) atoms. The third-order valence-electron chi connectivity index (χ3n) is 4.72. The topological polar surface area (TPSA) is 51.0 Å². The van der Waals surface area contributed by atoms with Gasteiger partial charge in [0.15, 0.2) is 11.0 Å². The van der Waals surface area contributed by atoms with Crippen molar-refractivity contribution in [3.63, 3.8) is 0 Å². The number of thioether (sulfide) groups is 1. The molecule has 0 aliphatic rings. The number of carbonyl (C=O) groups excluding carboxylic acids is 1. The zero-order chi connectivity index (χ0) is 20.6. The van der Waals surface area contributed by atoms with Crippen LogP contribution >= 0.6 is 11.8 Å². The Morgan fingerprint density at radius 2 is 1.86 bits per heavy atom. The van der Waals surface area contributed by atoms with Crippen LogP contribution in [-0.2, 0) is 17.9 Å². The lowest BCUT2D eigenvalue weighted by Crippen LogP contribution is -2.31. The second kappa shape index (κ2) is 10.3. The van der Waals surface area contributed by atoms with Crippen molar-refractivity contribution in [2.45, 2.75) is 45.4 Å². The van der Waals surface area contributed by atoms with Gasteiger partial charge in [-0.25, -0.2) is 0 Å². The molecule has 0 aliphatic heterocycles. The van der Waals surface area contributed by atoms with Crippen LogP contribution in [-0.4, -0.2) is 37.9 Å². The first kappa shape index (κ1) is 21.1. The summed E-state index contributed by atoms with van der Waals surface area (Å²) in [5.41, 5.74) is 3.39. The van der Waals surface area contributed by atoms with Gasteiger partial charge in [-0.15, -0.1) is 10.2 Å². The first-order valence-electron chi connectivity index (χ1n) is 10.1. The van der Waals surface area contributed by atoms with E-state index in [-0.39, 0.29) is 5.91 Å². The number of aromatic nitrogens is 3. The van der Waals surface area contributed by atoms with E-state index in [2.05, 4.69) is 58.9 Å². The van der Waals surface area contributed by atoms with E-state index in [1.165, 1.54) is 17.3 Å². The average molecular weight is 409 g/mol. The number of benzene rings is 2. The van der Waals surface area contributed by atoms with Crippen molar-refractivity contribution in [1.29, 1.82) is 0 Å². The normalized spacial score (nSPS) is 10.9. The summed E-state index contributed by atoms with van der Waals surface area (Å²) in [5.74, 6) is 1.34. The molecule has 3 aromatic rings. The summed E-state index contributed by atoms with van der Waals surface area (Å²) in [6, 6.07) is 18.4. The lowest BCUT2D eigenvalue weighted by molar-refractivity contribution is -0.128. The molecule has 0 unspecified atom stereocenters. The fourth-order valence-electron chi connectivity index (χ4n) is 3.22. The van der Waals surface area contributed by atoms with Crippen molar-refractivity contribution >= 4 is 17.7 Å². The van der Waals surface area contributed by atoms with Gasteiger partial charge in [0.05, 0.1) is 5.75 Å². The van der Waals surface area contributed by atoms with Gasteiger partial charge in [-0.2, -0.15) is 0 Å². The molecule has 1 amide bonds. The summed E-state index contributed by atoms with van der Waals surface area (Å²) in [7, 11) is 0. The minimum atomic E-state index is 0.115. The van der Waals surface area contributed by atoms with Crippen molar-refractivity contribution in [2.24, 2.45) is 0 Å². The Bertz CT molecular complexity index is 939. The smallest absolute Gasteiger partial charge is 0.233 e. The van der Waals surface area contributed by atoms with E-state index in [4.69, 9.17) is 0 Å². The molecule has 152 valence electrons. The first-order valence-corrected chi connectivity index (χ1v) is 11.1.